The Kier molecular flexibility index (Phi) is 5.96. The minimum absolute atomic E-state index is 0.237. The third-order valence-electron chi connectivity index (χ3n) is 2.67. The van der Waals surface area contributed by atoms with Gasteiger partial charge in [0.15, 0.2) is 0 Å². The largest absolute Gasteiger partial charge is 0.378 e. The van der Waals surface area contributed by atoms with Gasteiger partial charge in [0.2, 0.25) is 0 Å². The smallest absolute Gasteiger partial charge is 0.144 e. The summed E-state index contributed by atoms with van der Waals surface area (Å²) in [7, 11) is 3.43. The van der Waals surface area contributed by atoms with Crippen molar-refractivity contribution >= 4 is 33.5 Å². The number of ether oxygens (including phenoxy) is 1. The molecule has 1 aromatic carbocycles. The molecule has 0 bridgehead atoms. The Morgan fingerprint density at radius 1 is 1.29 bits per heavy atom. The number of aromatic nitrogens is 2. The number of hydrogen-bond donors (Lipinski definition) is 1. The van der Waals surface area contributed by atoms with Gasteiger partial charge in [-0.3, -0.25) is 0 Å². The van der Waals surface area contributed by atoms with Crippen molar-refractivity contribution in [3.8, 4) is 0 Å². The average molecular weight is 372 g/mol. The second kappa shape index (κ2) is 7.72. The van der Waals surface area contributed by atoms with Crippen LogP contribution in [0.15, 0.2) is 33.6 Å². The molecule has 0 saturated carbocycles. The number of anilines is 1. The third kappa shape index (κ3) is 4.39. The summed E-state index contributed by atoms with van der Waals surface area (Å²) in [4.78, 5) is 9.91. The highest BCUT2D eigenvalue weighted by atomic mass is 79.9. The molecule has 0 unspecified atom stereocenters. The van der Waals surface area contributed by atoms with Crippen molar-refractivity contribution in [3.63, 3.8) is 0 Å². The van der Waals surface area contributed by atoms with Crippen LogP contribution in [0, 0.1) is 5.82 Å². The highest BCUT2D eigenvalue weighted by molar-refractivity contribution is 9.10. The third-order valence-corrected chi connectivity index (χ3v) is 4.51. The number of hydrogen-bond acceptors (Lipinski definition) is 5. The van der Waals surface area contributed by atoms with Crippen molar-refractivity contribution in [2.75, 3.05) is 19.5 Å². The van der Waals surface area contributed by atoms with Gasteiger partial charge < -0.3 is 10.1 Å². The minimum Gasteiger partial charge on any atom is -0.378 e. The van der Waals surface area contributed by atoms with E-state index in [1.807, 2.05) is 0 Å². The van der Waals surface area contributed by atoms with Gasteiger partial charge in [0, 0.05) is 19.1 Å². The van der Waals surface area contributed by atoms with Gasteiger partial charge in [-0.15, -0.1) is 11.8 Å². The summed E-state index contributed by atoms with van der Waals surface area (Å²) in [5.41, 5.74) is 0.798. The van der Waals surface area contributed by atoms with Crippen LogP contribution in [0.2, 0.25) is 0 Å². The Labute approximate surface area is 135 Å². The van der Waals surface area contributed by atoms with Crippen LogP contribution in [0.4, 0.5) is 10.2 Å². The first-order valence-corrected chi connectivity index (χ1v) is 8.02. The van der Waals surface area contributed by atoms with Crippen molar-refractivity contribution < 1.29 is 9.13 Å². The van der Waals surface area contributed by atoms with Gasteiger partial charge in [0.05, 0.1) is 22.5 Å². The zero-order valence-corrected chi connectivity index (χ0v) is 14.1. The van der Waals surface area contributed by atoms with Gasteiger partial charge in [-0.25, -0.2) is 14.4 Å². The molecule has 0 aliphatic carbocycles. The van der Waals surface area contributed by atoms with E-state index in [1.54, 1.807) is 38.1 Å². The molecule has 1 N–H and O–H groups in total. The van der Waals surface area contributed by atoms with Crippen molar-refractivity contribution in [2.24, 2.45) is 0 Å². The molecule has 1 aromatic heterocycles. The van der Waals surface area contributed by atoms with Crippen molar-refractivity contribution in [2.45, 2.75) is 17.3 Å². The molecule has 0 aliphatic rings. The standard InChI is InChI=1S/C14H15BrFN3OS/c1-17-14-13(15)11(7-20-2)18-12(19-14)8-21-10-5-3-9(16)4-6-10/h3-6H,7-8H2,1-2H3,(H,17,18,19). The lowest BCUT2D eigenvalue weighted by Gasteiger charge is -2.10. The van der Waals surface area contributed by atoms with Gasteiger partial charge in [0.1, 0.15) is 17.5 Å². The Bertz CT molecular complexity index is 610. The average Bonchev–Trinajstić information content (AvgIpc) is 2.49. The quantitative estimate of drug-likeness (QED) is 0.781. The summed E-state index contributed by atoms with van der Waals surface area (Å²) in [6.07, 6.45) is 0. The molecule has 0 saturated heterocycles. The molecule has 0 aliphatic heterocycles. The second-order valence-electron chi connectivity index (χ2n) is 4.17. The first-order valence-electron chi connectivity index (χ1n) is 6.24. The molecular weight excluding hydrogens is 357 g/mol. The van der Waals surface area contributed by atoms with Gasteiger partial charge in [-0.2, -0.15) is 0 Å². The Morgan fingerprint density at radius 2 is 2.00 bits per heavy atom. The lowest BCUT2D eigenvalue weighted by molar-refractivity contribution is 0.180. The second-order valence-corrected chi connectivity index (χ2v) is 6.02. The molecule has 0 radical (unpaired) electrons. The molecule has 2 rings (SSSR count). The minimum atomic E-state index is -0.237. The van der Waals surface area contributed by atoms with Crippen LogP contribution in [0.3, 0.4) is 0 Å². The number of thioether (sulfide) groups is 1. The maximum atomic E-state index is 12.9. The lowest BCUT2D eigenvalue weighted by Crippen LogP contribution is -2.05. The predicted molar refractivity (Wildman–Crippen MR) is 86.0 cm³/mol. The number of rotatable bonds is 6. The van der Waals surface area contributed by atoms with Gasteiger partial charge in [0.25, 0.3) is 0 Å². The van der Waals surface area contributed by atoms with Gasteiger partial charge in [-0.1, -0.05) is 0 Å². The van der Waals surface area contributed by atoms with E-state index in [0.717, 1.165) is 20.9 Å². The summed E-state index contributed by atoms with van der Waals surface area (Å²) in [5, 5.41) is 3.03. The van der Waals surface area contributed by atoms with Crippen LogP contribution >= 0.6 is 27.7 Å². The highest BCUT2D eigenvalue weighted by Gasteiger charge is 2.11. The Balaban J connectivity index is 2.15. The first kappa shape index (κ1) is 16.2. The molecule has 0 amide bonds. The van der Waals surface area contributed by atoms with Crippen molar-refractivity contribution in [1.82, 2.24) is 9.97 Å². The fourth-order valence-electron chi connectivity index (χ4n) is 1.69. The monoisotopic (exact) mass is 371 g/mol. The molecule has 0 atom stereocenters. The predicted octanol–water partition coefficient (Wildman–Crippen LogP) is 3.86. The van der Waals surface area contributed by atoms with Crippen molar-refractivity contribution in [1.29, 1.82) is 0 Å². The molecule has 0 spiro atoms. The molecule has 2 aromatic rings. The van der Waals surface area contributed by atoms with E-state index in [0.29, 0.717) is 18.2 Å². The Morgan fingerprint density at radius 3 is 2.62 bits per heavy atom. The van der Waals surface area contributed by atoms with Crippen LogP contribution in [0.1, 0.15) is 11.5 Å². The SMILES string of the molecule is CNc1nc(CSc2ccc(F)cc2)nc(COC)c1Br. The Hall–Kier alpha value is -1.18. The highest BCUT2D eigenvalue weighted by Crippen LogP contribution is 2.27. The number of methoxy groups -OCH3 is 1. The molecule has 0 fully saturated rings. The zero-order valence-electron chi connectivity index (χ0n) is 11.7. The van der Waals surface area contributed by atoms with E-state index in [-0.39, 0.29) is 5.82 Å². The van der Waals surface area contributed by atoms with Crippen LogP contribution in [0.5, 0.6) is 0 Å². The summed E-state index contributed by atoms with van der Waals surface area (Å²) >= 11 is 5.02. The normalized spacial score (nSPS) is 10.7. The zero-order chi connectivity index (χ0) is 15.2. The van der Waals surface area contributed by atoms with Gasteiger partial charge >= 0.3 is 0 Å². The van der Waals surface area contributed by atoms with E-state index in [9.17, 15) is 4.39 Å². The fraction of sp³-hybridized carbons (Fsp3) is 0.286. The van der Waals surface area contributed by atoms with E-state index < -0.39 is 0 Å². The number of halogens is 2. The molecule has 21 heavy (non-hydrogen) atoms. The fourth-order valence-corrected chi connectivity index (χ4v) is 2.93. The van der Waals surface area contributed by atoms with Crippen LogP contribution in [0.25, 0.3) is 0 Å². The molecule has 112 valence electrons. The lowest BCUT2D eigenvalue weighted by atomic mass is 10.4. The van der Waals surface area contributed by atoms with Crippen LogP contribution in [-0.2, 0) is 17.1 Å². The van der Waals surface area contributed by atoms with E-state index >= 15 is 0 Å². The van der Waals surface area contributed by atoms with Crippen LogP contribution < -0.4 is 5.32 Å². The molecule has 4 nitrogen and oxygen atoms in total. The number of nitrogens with one attached hydrogen (secondary N) is 1. The van der Waals surface area contributed by atoms with E-state index in [1.165, 1.54) is 12.1 Å². The summed E-state index contributed by atoms with van der Waals surface area (Å²) in [5.74, 6) is 1.79. The maximum absolute atomic E-state index is 12.9. The van der Waals surface area contributed by atoms with Gasteiger partial charge in [-0.05, 0) is 40.2 Å². The molecular formula is C14H15BrFN3OS. The summed E-state index contributed by atoms with van der Waals surface area (Å²) < 4.78 is 18.8. The topological polar surface area (TPSA) is 47.0 Å². The number of benzene rings is 1. The van der Waals surface area contributed by atoms with Crippen molar-refractivity contribution in [3.05, 3.63) is 46.1 Å². The number of nitrogens with zero attached hydrogens (tertiary/aromatic N) is 2. The summed E-state index contributed by atoms with van der Waals surface area (Å²) in [6, 6.07) is 6.38. The first-order chi connectivity index (χ1) is 10.1. The van der Waals surface area contributed by atoms with E-state index in [4.69, 9.17) is 4.74 Å². The molecule has 1 heterocycles. The van der Waals surface area contributed by atoms with E-state index in [2.05, 4.69) is 31.2 Å². The summed E-state index contributed by atoms with van der Waals surface area (Å²) in [6.45, 7) is 0.409. The molecule has 7 heteroatoms. The maximum Gasteiger partial charge on any atom is 0.144 e. The van der Waals surface area contributed by atoms with Crippen LogP contribution in [-0.4, -0.2) is 24.1 Å².